The fraction of sp³-hybridized carbons (Fsp3) is 0.500. The molecule has 1 saturated heterocycles. The van der Waals surface area contributed by atoms with Crippen molar-refractivity contribution in [2.75, 3.05) is 46.4 Å². The van der Waals surface area contributed by atoms with Gasteiger partial charge in [-0.3, -0.25) is 5.10 Å². The van der Waals surface area contributed by atoms with Crippen LogP contribution in [0.1, 0.15) is 19.7 Å². The van der Waals surface area contributed by atoms with E-state index in [1.54, 1.807) is 12.0 Å². The number of methoxy groups -OCH3 is 1. The molecule has 10 heteroatoms. The number of piperazine rings is 1. The zero-order chi connectivity index (χ0) is 21.3. The molecule has 1 aliphatic heterocycles. The number of nitrogens with zero attached hydrogens (tertiary/aromatic N) is 5. The van der Waals surface area contributed by atoms with Crippen molar-refractivity contribution in [2.24, 2.45) is 4.99 Å². The molecule has 0 aliphatic carbocycles. The van der Waals surface area contributed by atoms with Gasteiger partial charge in [-0.25, -0.2) is 14.8 Å². The van der Waals surface area contributed by atoms with E-state index in [2.05, 4.69) is 25.4 Å². The van der Waals surface area contributed by atoms with Gasteiger partial charge in [0.1, 0.15) is 18.1 Å². The molecular formula is C20H29N7O3. The van der Waals surface area contributed by atoms with Crippen molar-refractivity contribution in [3.8, 4) is 17.1 Å². The average Bonchev–Trinajstić information content (AvgIpc) is 3.26. The molecule has 1 fully saturated rings. The summed E-state index contributed by atoms with van der Waals surface area (Å²) in [6, 6.07) is 7.59. The van der Waals surface area contributed by atoms with Crippen molar-refractivity contribution in [2.45, 2.75) is 20.4 Å². The van der Waals surface area contributed by atoms with Crippen LogP contribution in [0.5, 0.6) is 5.75 Å². The van der Waals surface area contributed by atoms with Crippen molar-refractivity contribution >= 4 is 12.1 Å². The Morgan fingerprint density at radius 2 is 1.87 bits per heavy atom. The first-order valence-electron chi connectivity index (χ1n) is 10.1. The van der Waals surface area contributed by atoms with E-state index in [-0.39, 0.29) is 6.09 Å². The number of hydrogen-bond donors (Lipinski definition) is 2. The van der Waals surface area contributed by atoms with Crippen LogP contribution in [0, 0.1) is 0 Å². The largest absolute Gasteiger partial charge is 0.497 e. The number of aromatic amines is 1. The first kappa shape index (κ1) is 21.4. The molecule has 0 unspecified atom stereocenters. The molecule has 162 valence electrons. The lowest BCUT2D eigenvalue weighted by molar-refractivity contribution is 0.0914. The Balaban J connectivity index is 1.61. The normalized spacial score (nSPS) is 14.6. The number of ether oxygens (including phenoxy) is 2. The lowest BCUT2D eigenvalue weighted by Gasteiger charge is -2.35. The molecule has 0 radical (unpaired) electrons. The minimum Gasteiger partial charge on any atom is -0.497 e. The fourth-order valence-corrected chi connectivity index (χ4v) is 3.13. The van der Waals surface area contributed by atoms with Gasteiger partial charge in [0.2, 0.25) is 0 Å². The Hall–Kier alpha value is -3.30. The molecule has 2 N–H and O–H groups in total. The van der Waals surface area contributed by atoms with Crippen LogP contribution in [-0.2, 0) is 11.3 Å². The third-order valence-electron chi connectivity index (χ3n) is 4.70. The average molecular weight is 415 g/mol. The van der Waals surface area contributed by atoms with Crippen LogP contribution in [0.4, 0.5) is 4.79 Å². The number of aliphatic imine (C=N–C) groups is 1. The maximum absolute atomic E-state index is 11.9. The standard InChI is InChI=1S/C20H29N7O3/c1-4-21-19(26-10-12-27(13-11-26)20(28)30-5-2)22-14-17-23-18(25-24-17)15-6-8-16(29-3)9-7-15/h6-9H,4-5,10-14H2,1-3H3,(H,21,22)(H,23,24,25). The molecule has 30 heavy (non-hydrogen) atoms. The quantitative estimate of drug-likeness (QED) is 0.546. The summed E-state index contributed by atoms with van der Waals surface area (Å²) in [5.41, 5.74) is 0.907. The third-order valence-corrected chi connectivity index (χ3v) is 4.70. The van der Waals surface area contributed by atoms with E-state index in [1.807, 2.05) is 38.1 Å². The Labute approximate surface area is 176 Å². The maximum atomic E-state index is 11.9. The van der Waals surface area contributed by atoms with Crippen molar-refractivity contribution in [3.05, 3.63) is 30.1 Å². The summed E-state index contributed by atoms with van der Waals surface area (Å²) in [7, 11) is 1.64. The summed E-state index contributed by atoms with van der Waals surface area (Å²) in [5.74, 6) is 2.89. The van der Waals surface area contributed by atoms with Crippen molar-refractivity contribution < 1.29 is 14.3 Å². The molecule has 0 saturated carbocycles. The number of guanidine groups is 1. The van der Waals surface area contributed by atoms with Gasteiger partial charge in [0.25, 0.3) is 0 Å². The van der Waals surface area contributed by atoms with Gasteiger partial charge in [0.05, 0.1) is 13.7 Å². The van der Waals surface area contributed by atoms with Gasteiger partial charge in [-0.1, -0.05) is 0 Å². The summed E-state index contributed by atoms with van der Waals surface area (Å²) in [6.07, 6.45) is -0.258. The van der Waals surface area contributed by atoms with Gasteiger partial charge in [-0.15, -0.1) is 0 Å². The number of nitrogens with one attached hydrogen (secondary N) is 2. The zero-order valence-electron chi connectivity index (χ0n) is 17.7. The van der Waals surface area contributed by atoms with Crippen LogP contribution in [0.15, 0.2) is 29.3 Å². The predicted molar refractivity (Wildman–Crippen MR) is 113 cm³/mol. The van der Waals surface area contributed by atoms with Crippen molar-refractivity contribution in [1.29, 1.82) is 0 Å². The highest BCUT2D eigenvalue weighted by molar-refractivity contribution is 5.80. The first-order valence-corrected chi connectivity index (χ1v) is 10.1. The van der Waals surface area contributed by atoms with Crippen LogP contribution in [0.3, 0.4) is 0 Å². The maximum Gasteiger partial charge on any atom is 0.409 e. The molecule has 1 aliphatic rings. The highest BCUT2D eigenvalue weighted by atomic mass is 16.6. The monoisotopic (exact) mass is 415 g/mol. The number of hydrogen-bond acceptors (Lipinski definition) is 6. The molecule has 2 aromatic rings. The Morgan fingerprint density at radius 1 is 1.17 bits per heavy atom. The number of carbonyl (C=O) groups excluding carboxylic acids is 1. The van der Waals surface area contributed by atoms with Gasteiger partial charge in [-0.2, -0.15) is 5.10 Å². The number of amides is 1. The SMILES string of the molecule is CCNC(=NCc1nc(-c2ccc(OC)cc2)n[nH]1)N1CCN(C(=O)OCC)CC1. The molecule has 0 spiro atoms. The summed E-state index contributed by atoms with van der Waals surface area (Å²) in [5, 5.41) is 10.5. The summed E-state index contributed by atoms with van der Waals surface area (Å²) < 4.78 is 10.3. The Morgan fingerprint density at radius 3 is 2.50 bits per heavy atom. The van der Waals surface area contributed by atoms with Gasteiger partial charge >= 0.3 is 6.09 Å². The number of aromatic nitrogens is 3. The fourth-order valence-electron chi connectivity index (χ4n) is 3.13. The summed E-state index contributed by atoms with van der Waals surface area (Å²) in [6.45, 7) is 7.96. The zero-order valence-corrected chi connectivity index (χ0v) is 17.7. The smallest absolute Gasteiger partial charge is 0.409 e. The van der Waals surface area contributed by atoms with Gasteiger partial charge < -0.3 is 24.6 Å². The van der Waals surface area contributed by atoms with E-state index in [1.165, 1.54) is 0 Å². The molecule has 3 rings (SSSR count). The number of carbonyl (C=O) groups is 1. The molecule has 0 atom stereocenters. The third kappa shape index (κ3) is 5.40. The summed E-state index contributed by atoms with van der Waals surface area (Å²) in [4.78, 5) is 25.0. The van der Waals surface area contributed by atoms with Crippen LogP contribution in [0.2, 0.25) is 0 Å². The van der Waals surface area contributed by atoms with E-state index in [4.69, 9.17) is 14.5 Å². The molecule has 10 nitrogen and oxygen atoms in total. The number of H-pyrrole nitrogens is 1. The van der Waals surface area contributed by atoms with Crippen LogP contribution >= 0.6 is 0 Å². The second-order valence-electron chi connectivity index (χ2n) is 6.68. The molecular weight excluding hydrogens is 386 g/mol. The van der Waals surface area contributed by atoms with E-state index in [0.717, 1.165) is 23.8 Å². The molecule has 0 bridgehead atoms. The van der Waals surface area contributed by atoms with Gasteiger partial charge in [0, 0.05) is 38.3 Å². The predicted octanol–water partition coefficient (Wildman–Crippen LogP) is 1.72. The number of benzene rings is 1. The lowest BCUT2D eigenvalue weighted by atomic mass is 10.2. The highest BCUT2D eigenvalue weighted by Gasteiger charge is 2.23. The van der Waals surface area contributed by atoms with E-state index in [0.29, 0.717) is 51.0 Å². The molecule has 1 aromatic heterocycles. The lowest BCUT2D eigenvalue weighted by Crippen LogP contribution is -2.53. The van der Waals surface area contributed by atoms with Crippen LogP contribution in [-0.4, -0.2) is 83.5 Å². The Kier molecular flexibility index (Phi) is 7.47. The van der Waals surface area contributed by atoms with Crippen LogP contribution in [0.25, 0.3) is 11.4 Å². The van der Waals surface area contributed by atoms with Crippen molar-refractivity contribution in [1.82, 2.24) is 30.3 Å². The summed E-state index contributed by atoms with van der Waals surface area (Å²) >= 11 is 0. The minimum absolute atomic E-state index is 0.258. The molecule has 2 heterocycles. The molecule has 1 aromatic carbocycles. The van der Waals surface area contributed by atoms with Gasteiger partial charge in [0.15, 0.2) is 11.8 Å². The van der Waals surface area contributed by atoms with E-state index < -0.39 is 0 Å². The minimum atomic E-state index is -0.258. The van der Waals surface area contributed by atoms with E-state index in [9.17, 15) is 4.79 Å². The first-order chi connectivity index (χ1) is 14.6. The Bertz CT molecular complexity index is 842. The number of rotatable bonds is 6. The molecule has 1 amide bonds. The second kappa shape index (κ2) is 10.5. The van der Waals surface area contributed by atoms with E-state index >= 15 is 0 Å². The second-order valence-corrected chi connectivity index (χ2v) is 6.68. The van der Waals surface area contributed by atoms with Crippen LogP contribution < -0.4 is 10.1 Å². The topological polar surface area (TPSA) is 108 Å². The van der Waals surface area contributed by atoms with Crippen molar-refractivity contribution in [3.63, 3.8) is 0 Å². The van der Waals surface area contributed by atoms with Gasteiger partial charge in [-0.05, 0) is 38.1 Å². The highest BCUT2D eigenvalue weighted by Crippen LogP contribution is 2.19.